The molecule has 0 aliphatic carbocycles. The quantitative estimate of drug-likeness (QED) is 0.699. The first-order valence-electron chi connectivity index (χ1n) is 5.82. The average molecular weight is 245 g/mol. The zero-order chi connectivity index (χ0) is 12.8. The minimum atomic E-state index is -0.0257. The van der Waals surface area contributed by atoms with Crippen molar-refractivity contribution >= 4 is 5.91 Å². The number of aromatic nitrogens is 1. The largest absolute Gasteiger partial charge is 0.378 e. The van der Waals surface area contributed by atoms with Crippen LogP contribution in [-0.4, -0.2) is 48.6 Å². The molecule has 1 aromatic rings. The fourth-order valence-corrected chi connectivity index (χ4v) is 1.73. The molecule has 1 aliphatic heterocycles. The van der Waals surface area contributed by atoms with Crippen molar-refractivity contribution in [1.82, 2.24) is 9.88 Å². The number of carbonyl (C=O) groups excluding carboxylic acids is 1. The molecule has 5 heteroatoms. The molecule has 0 atom stereocenters. The van der Waals surface area contributed by atoms with Crippen LogP contribution in [0.2, 0.25) is 0 Å². The topological polar surface area (TPSA) is 68.5 Å². The number of morpholine rings is 1. The molecule has 1 saturated heterocycles. The summed E-state index contributed by atoms with van der Waals surface area (Å²) in [5.41, 5.74) is 6.57. The number of hydrogen-bond donors (Lipinski definition) is 1. The Bertz CT molecular complexity index is 484. The lowest BCUT2D eigenvalue weighted by molar-refractivity contribution is 0.0302. The van der Waals surface area contributed by atoms with E-state index in [4.69, 9.17) is 10.5 Å². The Morgan fingerprint density at radius 1 is 1.44 bits per heavy atom. The van der Waals surface area contributed by atoms with E-state index >= 15 is 0 Å². The molecule has 1 amide bonds. The van der Waals surface area contributed by atoms with E-state index in [2.05, 4.69) is 16.8 Å². The second kappa shape index (κ2) is 6.15. The Balaban J connectivity index is 2.14. The molecule has 0 unspecified atom stereocenters. The third-order valence-electron chi connectivity index (χ3n) is 2.62. The summed E-state index contributed by atoms with van der Waals surface area (Å²) in [7, 11) is 0. The molecule has 0 aromatic carbocycles. The first-order chi connectivity index (χ1) is 8.81. The second-order valence-corrected chi connectivity index (χ2v) is 3.87. The maximum Gasteiger partial charge on any atom is 0.255 e. The lowest BCUT2D eigenvalue weighted by atomic mass is 10.2. The maximum atomic E-state index is 12.2. The highest BCUT2D eigenvalue weighted by molar-refractivity contribution is 5.94. The summed E-state index contributed by atoms with van der Waals surface area (Å²) in [6, 6.07) is 1.74. The van der Waals surface area contributed by atoms with Gasteiger partial charge >= 0.3 is 0 Å². The second-order valence-electron chi connectivity index (χ2n) is 3.87. The van der Waals surface area contributed by atoms with Gasteiger partial charge in [-0.05, 0) is 6.07 Å². The Morgan fingerprint density at radius 3 is 2.94 bits per heavy atom. The minimum Gasteiger partial charge on any atom is -0.378 e. The van der Waals surface area contributed by atoms with Crippen molar-refractivity contribution in [3.8, 4) is 11.8 Å². The zero-order valence-corrected chi connectivity index (χ0v) is 10.1. The molecular formula is C13H15N3O2. The van der Waals surface area contributed by atoms with Gasteiger partial charge in [-0.25, -0.2) is 0 Å². The SMILES string of the molecule is NCC#Cc1cncc(C(=O)N2CCOCC2)c1. The van der Waals surface area contributed by atoms with Gasteiger partial charge in [-0.1, -0.05) is 11.8 Å². The molecule has 0 spiro atoms. The smallest absolute Gasteiger partial charge is 0.255 e. The Morgan fingerprint density at radius 2 is 2.22 bits per heavy atom. The van der Waals surface area contributed by atoms with Gasteiger partial charge in [-0.15, -0.1) is 0 Å². The highest BCUT2D eigenvalue weighted by atomic mass is 16.5. The molecule has 94 valence electrons. The fourth-order valence-electron chi connectivity index (χ4n) is 1.73. The first kappa shape index (κ1) is 12.6. The van der Waals surface area contributed by atoms with E-state index in [0.717, 1.165) is 0 Å². The van der Waals surface area contributed by atoms with Crippen molar-refractivity contribution in [2.24, 2.45) is 5.73 Å². The van der Waals surface area contributed by atoms with Gasteiger partial charge in [0.25, 0.3) is 5.91 Å². The lowest BCUT2D eigenvalue weighted by Crippen LogP contribution is -2.40. The summed E-state index contributed by atoms with van der Waals surface area (Å²) < 4.78 is 5.22. The monoisotopic (exact) mass is 245 g/mol. The van der Waals surface area contributed by atoms with Crippen molar-refractivity contribution in [1.29, 1.82) is 0 Å². The average Bonchev–Trinajstić information content (AvgIpc) is 2.45. The van der Waals surface area contributed by atoms with Crippen molar-refractivity contribution < 1.29 is 9.53 Å². The number of carbonyl (C=O) groups is 1. The van der Waals surface area contributed by atoms with Gasteiger partial charge in [-0.2, -0.15) is 0 Å². The molecule has 1 aromatic heterocycles. The molecule has 2 rings (SSSR count). The zero-order valence-electron chi connectivity index (χ0n) is 10.1. The molecule has 0 radical (unpaired) electrons. The van der Waals surface area contributed by atoms with E-state index in [-0.39, 0.29) is 5.91 Å². The molecule has 5 nitrogen and oxygen atoms in total. The van der Waals surface area contributed by atoms with Crippen LogP contribution in [0.3, 0.4) is 0 Å². The van der Waals surface area contributed by atoms with Crippen LogP contribution in [0.15, 0.2) is 18.5 Å². The third-order valence-corrected chi connectivity index (χ3v) is 2.62. The highest BCUT2D eigenvalue weighted by Crippen LogP contribution is 2.08. The maximum absolute atomic E-state index is 12.2. The van der Waals surface area contributed by atoms with E-state index < -0.39 is 0 Å². The van der Waals surface area contributed by atoms with Crippen molar-refractivity contribution in [2.45, 2.75) is 0 Å². The number of hydrogen-bond acceptors (Lipinski definition) is 4. The number of nitrogens with zero attached hydrogens (tertiary/aromatic N) is 2. The van der Waals surface area contributed by atoms with Crippen LogP contribution in [0.4, 0.5) is 0 Å². The van der Waals surface area contributed by atoms with Crippen LogP contribution in [0.25, 0.3) is 0 Å². The third kappa shape index (κ3) is 3.06. The molecule has 0 saturated carbocycles. The Kier molecular flexibility index (Phi) is 4.29. The standard InChI is InChI=1S/C13H15N3O2/c14-3-1-2-11-8-12(10-15-9-11)13(17)16-4-6-18-7-5-16/h8-10H,3-7,14H2. The van der Waals surface area contributed by atoms with Crippen LogP contribution in [0.1, 0.15) is 15.9 Å². The molecule has 2 heterocycles. The van der Waals surface area contributed by atoms with Crippen LogP contribution in [0, 0.1) is 11.8 Å². The molecule has 1 fully saturated rings. The Hall–Kier alpha value is -1.90. The van der Waals surface area contributed by atoms with Gasteiger partial charge < -0.3 is 15.4 Å². The van der Waals surface area contributed by atoms with Gasteiger partial charge in [0.05, 0.1) is 25.3 Å². The molecule has 2 N–H and O–H groups in total. The summed E-state index contributed by atoms with van der Waals surface area (Å²) in [6.07, 6.45) is 3.18. The van der Waals surface area contributed by atoms with E-state index in [1.54, 1.807) is 23.4 Å². The number of ether oxygens (including phenoxy) is 1. The number of rotatable bonds is 1. The van der Waals surface area contributed by atoms with Crippen LogP contribution in [0.5, 0.6) is 0 Å². The highest BCUT2D eigenvalue weighted by Gasteiger charge is 2.18. The van der Waals surface area contributed by atoms with E-state index in [1.165, 1.54) is 0 Å². The predicted octanol–water partition coefficient (Wildman–Crippen LogP) is -0.136. The van der Waals surface area contributed by atoms with Crippen molar-refractivity contribution in [2.75, 3.05) is 32.8 Å². The normalized spacial score (nSPS) is 14.8. The summed E-state index contributed by atoms with van der Waals surface area (Å²) in [5, 5.41) is 0. The van der Waals surface area contributed by atoms with E-state index in [9.17, 15) is 4.79 Å². The van der Waals surface area contributed by atoms with Crippen LogP contribution >= 0.6 is 0 Å². The summed E-state index contributed by atoms with van der Waals surface area (Å²) in [6.45, 7) is 2.72. The van der Waals surface area contributed by atoms with E-state index in [1.807, 2.05) is 0 Å². The number of pyridine rings is 1. The predicted molar refractivity (Wildman–Crippen MR) is 66.9 cm³/mol. The minimum absolute atomic E-state index is 0.0257. The number of nitrogens with two attached hydrogens (primary N) is 1. The fraction of sp³-hybridized carbons (Fsp3) is 0.385. The summed E-state index contributed by atoms with van der Waals surface area (Å²) >= 11 is 0. The van der Waals surface area contributed by atoms with Crippen LogP contribution in [-0.2, 0) is 4.74 Å². The van der Waals surface area contributed by atoms with Crippen molar-refractivity contribution in [3.05, 3.63) is 29.6 Å². The van der Waals surface area contributed by atoms with Crippen LogP contribution < -0.4 is 5.73 Å². The lowest BCUT2D eigenvalue weighted by Gasteiger charge is -2.26. The molecule has 0 bridgehead atoms. The summed E-state index contributed by atoms with van der Waals surface area (Å²) in [5.74, 6) is 5.59. The van der Waals surface area contributed by atoms with Crippen molar-refractivity contribution in [3.63, 3.8) is 0 Å². The molecular weight excluding hydrogens is 230 g/mol. The first-order valence-corrected chi connectivity index (χ1v) is 5.82. The van der Waals surface area contributed by atoms with Gasteiger partial charge in [0.2, 0.25) is 0 Å². The van der Waals surface area contributed by atoms with E-state index in [0.29, 0.717) is 44.0 Å². The number of amides is 1. The van der Waals surface area contributed by atoms with Gasteiger partial charge in [0.1, 0.15) is 0 Å². The van der Waals surface area contributed by atoms with Gasteiger partial charge in [0, 0.05) is 31.0 Å². The molecule has 18 heavy (non-hydrogen) atoms. The molecule has 1 aliphatic rings. The summed E-state index contributed by atoms with van der Waals surface area (Å²) in [4.78, 5) is 18.0. The van der Waals surface area contributed by atoms with Gasteiger partial charge in [0.15, 0.2) is 0 Å². The Labute approximate surface area is 106 Å². The van der Waals surface area contributed by atoms with Gasteiger partial charge in [-0.3, -0.25) is 9.78 Å².